The van der Waals surface area contributed by atoms with E-state index < -0.39 is 0 Å². The van der Waals surface area contributed by atoms with Crippen LogP contribution in [0.2, 0.25) is 0 Å². The first-order chi connectivity index (χ1) is 7.74. The minimum absolute atomic E-state index is 0.250. The van der Waals surface area contributed by atoms with E-state index in [1.54, 1.807) is 13.8 Å². The van der Waals surface area contributed by atoms with Crippen LogP contribution >= 0.6 is 0 Å². The topological polar surface area (TPSA) is 80.9 Å². The summed E-state index contributed by atoms with van der Waals surface area (Å²) < 4.78 is 0. The standard InChI is InChI=1S/C8H18O2.2C2H6O/c9-7-5-3-1-2-4-6-8-10;2*1-2-3/h9-10H,1-8H2;2*3H,2H2,1H3. The lowest BCUT2D eigenvalue weighted by Crippen LogP contribution is -1.85. The largest absolute Gasteiger partial charge is 0.397 e. The summed E-state index contributed by atoms with van der Waals surface area (Å²) in [6.07, 6.45) is 6.50. The Labute approximate surface area is 99.9 Å². The fourth-order valence-electron chi connectivity index (χ4n) is 0.931. The molecule has 102 valence electrons. The maximum atomic E-state index is 8.43. The highest BCUT2D eigenvalue weighted by atomic mass is 16.3. The molecule has 0 aliphatic rings. The van der Waals surface area contributed by atoms with Crippen molar-refractivity contribution in [2.75, 3.05) is 26.4 Å². The van der Waals surface area contributed by atoms with Gasteiger partial charge in [0.1, 0.15) is 0 Å². The van der Waals surface area contributed by atoms with Crippen LogP contribution in [0.15, 0.2) is 0 Å². The third kappa shape index (κ3) is 48.8. The molecule has 0 unspecified atom stereocenters. The van der Waals surface area contributed by atoms with Gasteiger partial charge in [0.05, 0.1) is 0 Å². The van der Waals surface area contributed by atoms with E-state index in [0.717, 1.165) is 25.7 Å². The predicted octanol–water partition coefficient (Wildman–Crippen LogP) is 1.31. The summed E-state index contributed by atoms with van der Waals surface area (Å²) in [6.45, 7) is 4.50. The molecule has 0 aromatic carbocycles. The molecule has 4 heteroatoms. The zero-order valence-electron chi connectivity index (χ0n) is 10.9. The SMILES string of the molecule is CCO.CCO.OCCCCCCCCO. The summed E-state index contributed by atoms with van der Waals surface area (Å²) >= 11 is 0. The van der Waals surface area contributed by atoms with Gasteiger partial charge in [-0.05, 0) is 26.7 Å². The Morgan fingerprint density at radius 3 is 0.875 bits per heavy atom. The predicted molar refractivity (Wildman–Crippen MR) is 67.4 cm³/mol. The highest BCUT2D eigenvalue weighted by Crippen LogP contribution is 2.03. The Bertz CT molecular complexity index is 69.4. The van der Waals surface area contributed by atoms with Gasteiger partial charge in [0.2, 0.25) is 0 Å². The van der Waals surface area contributed by atoms with Crippen LogP contribution in [0.4, 0.5) is 0 Å². The van der Waals surface area contributed by atoms with Gasteiger partial charge >= 0.3 is 0 Å². The molecule has 0 rings (SSSR count). The van der Waals surface area contributed by atoms with Crippen molar-refractivity contribution in [1.82, 2.24) is 0 Å². The average molecular weight is 238 g/mol. The van der Waals surface area contributed by atoms with Gasteiger partial charge in [-0.2, -0.15) is 0 Å². The summed E-state index contributed by atoms with van der Waals surface area (Å²) in [5.41, 5.74) is 0. The summed E-state index contributed by atoms with van der Waals surface area (Å²) in [5.74, 6) is 0. The summed E-state index contributed by atoms with van der Waals surface area (Å²) in [5, 5.41) is 32.0. The molecule has 0 aromatic heterocycles. The van der Waals surface area contributed by atoms with E-state index in [1.165, 1.54) is 12.8 Å². The van der Waals surface area contributed by atoms with Crippen LogP contribution in [-0.4, -0.2) is 46.9 Å². The molecular weight excluding hydrogens is 208 g/mol. The van der Waals surface area contributed by atoms with Crippen LogP contribution in [-0.2, 0) is 0 Å². The summed E-state index contributed by atoms with van der Waals surface area (Å²) in [6, 6.07) is 0. The van der Waals surface area contributed by atoms with Gasteiger partial charge in [-0.15, -0.1) is 0 Å². The van der Waals surface area contributed by atoms with E-state index >= 15 is 0 Å². The highest BCUT2D eigenvalue weighted by molar-refractivity contribution is 4.43. The molecule has 0 amide bonds. The van der Waals surface area contributed by atoms with Crippen molar-refractivity contribution in [2.24, 2.45) is 0 Å². The molecular formula is C12H30O4. The summed E-state index contributed by atoms with van der Waals surface area (Å²) in [7, 11) is 0. The molecule has 0 heterocycles. The van der Waals surface area contributed by atoms with Crippen molar-refractivity contribution in [2.45, 2.75) is 52.4 Å². The van der Waals surface area contributed by atoms with Gasteiger partial charge in [-0.25, -0.2) is 0 Å². The van der Waals surface area contributed by atoms with Gasteiger partial charge < -0.3 is 20.4 Å². The average Bonchev–Trinajstić information content (AvgIpc) is 2.26. The third-order valence-electron chi connectivity index (χ3n) is 1.57. The Balaban J connectivity index is -0.000000235. The number of hydrogen-bond donors (Lipinski definition) is 4. The van der Waals surface area contributed by atoms with E-state index in [9.17, 15) is 0 Å². The molecule has 0 saturated heterocycles. The van der Waals surface area contributed by atoms with E-state index in [-0.39, 0.29) is 13.2 Å². The molecule has 0 aromatic rings. The number of hydrogen-bond acceptors (Lipinski definition) is 4. The fourth-order valence-corrected chi connectivity index (χ4v) is 0.931. The summed E-state index contributed by atoms with van der Waals surface area (Å²) in [4.78, 5) is 0. The van der Waals surface area contributed by atoms with Crippen LogP contribution in [0.1, 0.15) is 52.4 Å². The van der Waals surface area contributed by atoms with E-state index in [0.29, 0.717) is 13.2 Å². The van der Waals surface area contributed by atoms with Crippen LogP contribution in [0, 0.1) is 0 Å². The van der Waals surface area contributed by atoms with E-state index in [4.69, 9.17) is 20.4 Å². The normalized spacial score (nSPS) is 8.62. The fraction of sp³-hybridized carbons (Fsp3) is 1.00. The molecule has 4 nitrogen and oxygen atoms in total. The lowest BCUT2D eigenvalue weighted by molar-refractivity contribution is 0.275. The molecule has 0 bridgehead atoms. The first-order valence-electron chi connectivity index (χ1n) is 6.18. The van der Waals surface area contributed by atoms with Crippen molar-refractivity contribution < 1.29 is 20.4 Å². The number of aliphatic hydroxyl groups excluding tert-OH is 4. The van der Waals surface area contributed by atoms with Crippen molar-refractivity contribution in [3.8, 4) is 0 Å². The quantitative estimate of drug-likeness (QED) is 0.504. The molecule has 0 atom stereocenters. The molecule has 4 N–H and O–H groups in total. The molecule has 0 aliphatic heterocycles. The Hall–Kier alpha value is -0.160. The Morgan fingerprint density at radius 1 is 0.500 bits per heavy atom. The minimum atomic E-state index is 0.250. The van der Waals surface area contributed by atoms with E-state index in [2.05, 4.69) is 0 Å². The zero-order valence-corrected chi connectivity index (χ0v) is 10.9. The lowest BCUT2D eigenvalue weighted by Gasteiger charge is -1.97. The van der Waals surface area contributed by atoms with Crippen LogP contribution in [0.5, 0.6) is 0 Å². The second-order valence-corrected chi connectivity index (χ2v) is 3.20. The van der Waals surface area contributed by atoms with Gasteiger partial charge in [0, 0.05) is 26.4 Å². The van der Waals surface area contributed by atoms with Gasteiger partial charge in [0.15, 0.2) is 0 Å². The highest BCUT2D eigenvalue weighted by Gasteiger charge is 1.88. The van der Waals surface area contributed by atoms with Gasteiger partial charge in [0.25, 0.3) is 0 Å². The monoisotopic (exact) mass is 238 g/mol. The number of rotatable bonds is 7. The molecule has 16 heavy (non-hydrogen) atoms. The van der Waals surface area contributed by atoms with E-state index in [1.807, 2.05) is 0 Å². The second-order valence-electron chi connectivity index (χ2n) is 3.20. The molecule has 0 fully saturated rings. The van der Waals surface area contributed by atoms with Crippen molar-refractivity contribution in [3.05, 3.63) is 0 Å². The zero-order chi connectivity index (χ0) is 13.1. The van der Waals surface area contributed by atoms with Gasteiger partial charge in [-0.3, -0.25) is 0 Å². The maximum absolute atomic E-state index is 8.43. The Morgan fingerprint density at radius 2 is 0.688 bits per heavy atom. The molecule has 0 radical (unpaired) electrons. The van der Waals surface area contributed by atoms with Crippen LogP contribution in [0.25, 0.3) is 0 Å². The maximum Gasteiger partial charge on any atom is 0.0431 e. The Kier molecular flexibility index (Phi) is 38.8. The molecule has 0 spiro atoms. The van der Waals surface area contributed by atoms with Gasteiger partial charge in [-0.1, -0.05) is 25.7 Å². The van der Waals surface area contributed by atoms with Crippen molar-refractivity contribution in [1.29, 1.82) is 0 Å². The number of aliphatic hydroxyl groups is 4. The lowest BCUT2D eigenvalue weighted by atomic mass is 10.1. The van der Waals surface area contributed by atoms with Crippen LogP contribution < -0.4 is 0 Å². The molecule has 0 saturated carbocycles. The third-order valence-corrected chi connectivity index (χ3v) is 1.57. The minimum Gasteiger partial charge on any atom is -0.397 e. The smallest absolute Gasteiger partial charge is 0.0431 e. The van der Waals surface area contributed by atoms with Crippen molar-refractivity contribution >= 4 is 0 Å². The second kappa shape index (κ2) is 29.4. The number of unbranched alkanes of at least 4 members (excludes halogenated alkanes) is 5. The van der Waals surface area contributed by atoms with Crippen LogP contribution in [0.3, 0.4) is 0 Å². The first kappa shape index (κ1) is 21.2. The first-order valence-corrected chi connectivity index (χ1v) is 6.18. The van der Waals surface area contributed by atoms with Crippen molar-refractivity contribution in [3.63, 3.8) is 0 Å². The molecule has 0 aliphatic carbocycles.